The van der Waals surface area contributed by atoms with E-state index in [1.165, 1.54) is 6.21 Å². The van der Waals surface area contributed by atoms with E-state index < -0.39 is 0 Å². The smallest absolute Gasteiger partial charge is 0.161 e. The van der Waals surface area contributed by atoms with E-state index in [-0.39, 0.29) is 0 Å². The molecule has 1 aromatic heterocycles. The number of imidazole rings is 1. The van der Waals surface area contributed by atoms with E-state index in [4.69, 9.17) is 5.41 Å². The van der Waals surface area contributed by atoms with Gasteiger partial charge in [0.1, 0.15) is 5.69 Å². The summed E-state index contributed by atoms with van der Waals surface area (Å²) in [6.45, 7) is 0. The quantitative estimate of drug-likeness (QED) is 0.637. The molecule has 0 saturated carbocycles. The van der Waals surface area contributed by atoms with Crippen molar-refractivity contribution in [1.82, 2.24) is 9.55 Å². The molecule has 0 atom stereocenters. The topological polar surface area (TPSA) is 54.0 Å². The summed E-state index contributed by atoms with van der Waals surface area (Å²) in [4.78, 5) is 8.00. The Morgan fingerprint density at radius 1 is 1.82 bits per heavy atom. The van der Waals surface area contributed by atoms with Crippen molar-refractivity contribution in [2.24, 2.45) is 12.0 Å². The van der Waals surface area contributed by atoms with Gasteiger partial charge in [-0.1, -0.05) is 0 Å². The lowest BCUT2D eigenvalue weighted by Gasteiger charge is -1.92. The van der Waals surface area contributed by atoms with Crippen LogP contribution < -0.4 is 0 Å². The molecule has 0 aromatic carbocycles. The fourth-order valence-electron chi connectivity index (χ4n) is 0.747. The lowest BCUT2D eigenvalue weighted by atomic mass is 10.5. The fourth-order valence-corrected chi connectivity index (χ4v) is 1.01. The fraction of sp³-hybridized carbons (Fsp3) is 0.167. The van der Waals surface area contributed by atoms with E-state index in [0.717, 1.165) is 5.82 Å². The summed E-state index contributed by atoms with van der Waals surface area (Å²) in [7, 11) is 1.85. The van der Waals surface area contributed by atoms with Crippen LogP contribution in [0.2, 0.25) is 0 Å². The number of aliphatic imine (C=N–C) groups is 1. The van der Waals surface area contributed by atoms with Gasteiger partial charge < -0.3 is 9.98 Å². The lowest BCUT2D eigenvalue weighted by molar-refractivity contribution is 0.913. The lowest BCUT2D eigenvalue weighted by Crippen LogP contribution is -1.84. The molecule has 58 valence electrons. The standard InChI is InChI=1S/C6H7IN4/c1-11-4-10-5(2-8)6(11)9-3-7/h2-4,8H,1H3. The van der Waals surface area contributed by atoms with Crippen LogP contribution in [-0.4, -0.2) is 20.0 Å². The highest BCUT2D eigenvalue weighted by Gasteiger charge is 2.02. The molecule has 0 radical (unpaired) electrons. The summed E-state index contributed by atoms with van der Waals surface area (Å²) < 4.78 is 3.43. The number of rotatable bonds is 2. The molecule has 1 rings (SSSR count). The van der Waals surface area contributed by atoms with E-state index in [9.17, 15) is 0 Å². The number of hydrogen-bond acceptors (Lipinski definition) is 3. The molecule has 0 saturated heterocycles. The summed E-state index contributed by atoms with van der Waals surface area (Å²) >= 11 is 2.03. The van der Waals surface area contributed by atoms with E-state index >= 15 is 0 Å². The van der Waals surface area contributed by atoms with Gasteiger partial charge in [0.25, 0.3) is 0 Å². The van der Waals surface area contributed by atoms with Crippen LogP contribution in [0, 0.1) is 5.41 Å². The average Bonchev–Trinajstić information content (AvgIpc) is 2.34. The third-order valence-corrected chi connectivity index (χ3v) is 1.52. The van der Waals surface area contributed by atoms with Gasteiger partial charge in [-0.2, -0.15) is 0 Å². The van der Waals surface area contributed by atoms with Gasteiger partial charge in [0.2, 0.25) is 0 Å². The summed E-state index contributed by atoms with van der Waals surface area (Å²) in [6, 6.07) is 0. The predicted octanol–water partition coefficient (Wildman–Crippen LogP) is 1.51. The summed E-state index contributed by atoms with van der Waals surface area (Å²) in [5.41, 5.74) is 0.598. The third kappa shape index (κ3) is 1.65. The Kier molecular flexibility index (Phi) is 2.75. The van der Waals surface area contributed by atoms with Crippen molar-refractivity contribution in [2.45, 2.75) is 0 Å². The summed E-state index contributed by atoms with van der Waals surface area (Å²) in [5.74, 6) is 0.717. The molecule has 0 amide bonds. The first-order valence-electron chi connectivity index (χ1n) is 2.94. The number of aryl methyl sites for hydroxylation is 1. The monoisotopic (exact) mass is 262 g/mol. The summed E-state index contributed by atoms with van der Waals surface area (Å²) in [5, 5.41) is 7.00. The third-order valence-electron chi connectivity index (χ3n) is 1.24. The zero-order chi connectivity index (χ0) is 8.27. The van der Waals surface area contributed by atoms with Gasteiger partial charge in [0.15, 0.2) is 5.82 Å². The molecule has 0 unspecified atom stereocenters. The van der Waals surface area contributed by atoms with Crippen LogP contribution in [0.3, 0.4) is 0 Å². The van der Waals surface area contributed by atoms with Crippen LogP contribution in [0.15, 0.2) is 11.3 Å². The van der Waals surface area contributed by atoms with Crippen molar-refractivity contribution in [2.75, 3.05) is 0 Å². The Morgan fingerprint density at radius 3 is 3.09 bits per heavy atom. The maximum Gasteiger partial charge on any atom is 0.161 e. The number of halogens is 1. The predicted molar refractivity (Wildman–Crippen MR) is 53.3 cm³/mol. The molecule has 0 aliphatic heterocycles. The molecular weight excluding hydrogens is 255 g/mol. The first-order valence-corrected chi connectivity index (χ1v) is 4.18. The highest BCUT2D eigenvalue weighted by atomic mass is 127. The van der Waals surface area contributed by atoms with Crippen LogP contribution in [-0.2, 0) is 7.05 Å². The number of nitrogens with one attached hydrogen (secondary N) is 1. The Balaban J connectivity index is 3.17. The van der Waals surface area contributed by atoms with Gasteiger partial charge in [-0.25, -0.2) is 9.98 Å². The minimum atomic E-state index is 0.598. The van der Waals surface area contributed by atoms with Gasteiger partial charge in [-0.3, -0.25) is 0 Å². The van der Waals surface area contributed by atoms with E-state index in [2.05, 4.69) is 9.98 Å². The van der Waals surface area contributed by atoms with Gasteiger partial charge in [-0.05, 0) is 22.6 Å². The minimum absolute atomic E-state index is 0.598. The highest BCUT2D eigenvalue weighted by Crippen LogP contribution is 2.13. The first kappa shape index (κ1) is 8.38. The van der Waals surface area contributed by atoms with Crippen LogP contribution in [0.5, 0.6) is 0 Å². The highest BCUT2D eigenvalue weighted by molar-refractivity contribution is 14.1. The van der Waals surface area contributed by atoms with Crippen LogP contribution >= 0.6 is 22.6 Å². The Morgan fingerprint density at radius 2 is 2.55 bits per heavy atom. The Bertz CT molecular complexity index is 289. The van der Waals surface area contributed by atoms with Crippen LogP contribution in [0.1, 0.15) is 5.69 Å². The van der Waals surface area contributed by atoms with Gasteiger partial charge in [-0.15, -0.1) is 0 Å². The van der Waals surface area contributed by atoms with E-state index in [1.807, 2.05) is 29.6 Å². The molecule has 4 nitrogen and oxygen atoms in total. The van der Waals surface area contributed by atoms with Gasteiger partial charge >= 0.3 is 0 Å². The molecule has 11 heavy (non-hydrogen) atoms. The van der Waals surface area contributed by atoms with Crippen molar-refractivity contribution in [3.8, 4) is 0 Å². The van der Waals surface area contributed by atoms with Crippen molar-refractivity contribution >= 4 is 38.8 Å². The maximum absolute atomic E-state index is 7.00. The molecule has 5 heteroatoms. The largest absolute Gasteiger partial charge is 0.318 e. The second-order valence-electron chi connectivity index (χ2n) is 1.94. The minimum Gasteiger partial charge on any atom is -0.318 e. The van der Waals surface area contributed by atoms with E-state index in [0.29, 0.717) is 5.69 Å². The SMILES string of the molecule is Cn1cnc(C=N)c1N=CI. The van der Waals surface area contributed by atoms with Crippen molar-refractivity contribution < 1.29 is 0 Å². The summed E-state index contributed by atoms with van der Waals surface area (Å²) in [6.07, 6.45) is 2.83. The molecule has 1 N–H and O–H groups in total. The van der Waals surface area contributed by atoms with Gasteiger partial charge in [0, 0.05) is 13.3 Å². The van der Waals surface area contributed by atoms with Gasteiger partial charge in [0.05, 0.1) is 10.5 Å². The number of aromatic nitrogens is 2. The molecule has 1 aromatic rings. The van der Waals surface area contributed by atoms with Crippen molar-refractivity contribution in [1.29, 1.82) is 5.41 Å². The number of hydrogen-bond donors (Lipinski definition) is 1. The zero-order valence-corrected chi connectivity index (χ0v) is 8.11. The molecule has 0 spiro atoms. The van der Waals surface area contributed by atoms with E-state index in [1.54, 1.807) is 15.1 Å². The second kappa shape index (κ2) is 3.61. The second-order valence-corrected chi connectivity index (χ2v) is 2.49. The Hall–Kier alpha value is -0.720. The normalized spacial score (nSPS) is 10.7. The zero-order valence-electron chi connectivity index (χ0n) is 5.95. The van der Waals surface area contributed by atoms with Crippen molar-refractivity contribution in [3.63, 3.8) is 0 Å². The number of nitrogens with zero attached hydrogens (tertiary/aromatic N) is 3. The van der Waals surface area contributed by atoms with Crippen LogP contribution in [0.4, 0.5) is 5.82 Å². The first-order chi connectivity index (χ1) is 5.29. The maximum atomic E-state index is 7.00. The van der Waals surface area contributed by atoms with Crippen molar-refractivity contribution in [3.05, 3.63) is 12.0 Å². The molecule has 1 heterocycles. The van der Waals surface area contributed by atoms with Crippen LogP contribution in [0.25, 0.3) is 0 Å². The molecule has 0 fully saturated rings. The molecular formula is C6H7IN4. The molecule has 0 aliphatic rings. The average molecular weight is 262 g/mol. The molecule has 0 bridgehead atoms. The molecule has 0 aliphatic carbocycles. The Labute approximate surface area is 78.0 Å².